The topological polar surface area (TPSA) is 81.4 Å². The highest BCUT2D eigenvalue weighted by atomic mass is 35.5. The van der Waals surface area contributed by atoms with Gasteiger partial charge >= 0.3 is 0 Å². The molecule has 0 saturated heterocycles. The van der Waals surface area contributed by atoms with Crippen molar-refractivity contribution in [3.8, 4) is 5.75 Å². The Balaban J connectivity index is 1.88. The van der Waals surface area contributed by atoms with Gasteiger partial charge in [0, 0.05) is 16.3 Å². The quantitative estimate of drug-likeness (QED) is 0.607. The summed E-state index contributed by atoms with van der Waals surface area (Å²) in [6.45, 7) is 4.20. The van der Waals surface area contributed by atoms with E-state index in [1.807, 2.05) is 13.8 Å². The smallest absolute Gasteiger partial charge is 0.251 e. The molecule has 0 bridgehead atoms. The third kappa shape index (κ3) is 5.13. The van der Waals surface area contributed by atoms with E-state index in [4.69, 9.17) is 33.7 Å². The van der Waals surface area contributed by atoms with Crippen molar-refractivity contribution >= 4 is 51.4 Å². The Morgan fingerprint density at radius 3 is 2.65 bits per heavy atom. The van der Waals surface area contributed by atoms with Gasteiger partial charge in [-0.3, -0.25) is 9.59 Å². The molecule has 2 aromatic rings. The molecule has 1 aromatic heterocycles. The molecule has 0 fully saturated rings. The maximum absolute atomic E-state index is 12.2. The highest BCUT2D eigenvalue weighted by Gasteiger charge is 2.20. The molecule has 140 valence electrons. The lowest BCUT2D eigenvalue weighted by molar-refractivity contribution is -0.116. The first-order chi connectivity index (χ1) is 12.3. The molecule has 0 aliphatic heterocycles. The number of carbonyl (C=O) groups is 2. The highest BCUT2D eigenvalue weighted by molar-refractivity contribution is 7.16. The van der Waals surface area contributed by atoms with Gasteiger partial charge in [-0.1, -0.05) is 30.1 Å². The molecule has 0 unspecified atom stereocenters. The minimum absolute atomic E-state index is 0.192. The van der Waals surface area contributed by atoms with Crippen LogP contribution in [0.3, 0.4) is 0 Å². The fourth-order valence-corrected chi connectivity index (χ4v) is 4.18. The summed E-state index contributed by atoms with van der Waals surface area (Å²) < 4.78 is 5.55. The Hall–Kier alpha value is -1.76. The Morgan fingerprint density at radius 2 is 2.04 bits per heavy atom. The number of nitrogens with one attached hydrogen (secondary N) is 1. The van der Waals surface area contributed by atoms with Gasteiger partial charge in [0.2, 0.25) is 5.91 Å². The monoisotopic (exact) mass is 414 g/mol. The minimum Gasteiger partial charge on any atom is -0.492 e. The molecule has 2 amide bonds. The zero-order chi connectivity index (χ0) is 19.3. The summed E-state index contributed by atoms with van der Waals surface area (Å²) in [7, 11) is 0. The standard InChI is InChI=1S/C18H20Cl2N2O3S/c1-3-12-10(2)26-18(16(12)17(21)24)22-15(23)5-4-8-25-14-7-6-11(19)9-13(14)20/h6-7,9H,3-5,8H2,1-2H3,(H2,21,24)(H,22,23). The van der Waals surface area contributed by atoms with Gasteiger partial charge < -0.3 is 15.8 Å². The van der Waals surface area contributed by atoms with Crippen molar-refractivity contribution in [3.63, 3.8) is 0 Å². The number of rotatable bonds is 8. The second-order valence-corrected chi connectivity index (χ2v) is 7.70. The second kappa shape index (κ2) is 9.26. The average Bonchev–Trinajstić information content (AvgIpc) is 2.88. The lowest BCUT2D eigenvalue weighted by Gasteiger charge is -2.09. The van der Waals surface area contributed by atoms with Crippen LogP contribution in [0.1, 0.15) is 40.6 Å². The molecule has 1 aromatic carbocycles. The van der Waals surface area contributed by atoms with Gasteiger partial charge in [-0.05, 0) is 43.5 Å². The van der Waals surface area contributed by atoms with Crippen molar-refractivity contribution in [1.29, 1.82) is 0 Å². The van der Waals surface area contributed by atoms with E-state index in [0.717, 1.165) is 10.4 Å². The number of halogens is 2. The molecule has 8 heteroatoms. The third-order valence-electron chi connectivity index (χ3n) is 3.76. The number of hydrogen-bond donors (Lipinski definition) is 2. The molecule has 0 atom stereocenters. The van der Waals surface area contributed by atoms with Crippen LogP contribution < -0.4 is 15.8 Å². The van der Waals surface area contributed by atoms with Crippen LogP contribution in [0, 0.1) is 6.92 Å². The molecule has 26 heavy (non-hydrogen) atoms. The van der Waals surface area contributed by atoms with Crippen LogP contribution in [0.5, 0.6) is 5.75 Å². The fraction of sp³-hybridized carbons (Fsp3) is 0.333. The molecule has 0 aliphatic rings. The van der Waals surface area contributed by atoms with E-state index in [9.17, 15) is 9.59 Å². The molecule has 0 spiro atoms. The van der Waals surface area contributed by atoms with Crippen LogP contribution >= 0.6 is 34.5 Å². The highest BCUT2D eigenvalue weighted by Crippen LogP contribution is 2.33. The number of amides is 2. The number of hydrogen-bond acceptors (Lipinski definition) is 4. The van der Waals surface area contributed by atoms with Crippen LogP contribution in [0.4, 0.5) is 5.00 Å². The van der Waals surface area contributed by atoms with Crippen molar-refractivity contribution in [1.82, 2.24) is 0 Å². The van der Waals surface area contributed by atoms with Crippen molar-refractivity contribution in [2.24, 2.45) is 5.73 Å². The zero-order valence-electron chi connectivity index (χ0n) is 14.5. The van der Waals surface area contributed by atoms with Crippen LogP contribution in [0.15, 0.2) is 18.2 Å². The molecule has 0 saturated carbocycles. The van der Waals surface area contributed by atoms with Crippen LogP contribution in [0.2, 0.25) is 10.0 Å². The second-order valence-electron chi connectivity index (χ2n) is 5.63. The van der Waals surface area contributed by atoms with E-state index < -0.39 is 5.91 Å². The number of anilines is 1. The lowest BCUT2D eigenvalue weighted by Crippen LogP contribution is -2.18. The summed E-state index contributed by atoms with van der Waals surface area (Å²) in [6, 6.07) is 4.97. The maximum atomic E-state index is 12.2. The molecular weight excluding hydrogens is 395 g/mol. The summed E-state index contributed by atoms with van der Waals surface area (Å²) in [5.74, 6) is -0.196. The van der Waals surface area contributed by atoms with Gasteiger partial charge in [-0.25, -0.2) is 0 Å². The zero-order valence-corrected chi connectivity index (χ0v) is 16.9. The predicted molar refractivity (Wildman–Crippen MR) is 107 cm³/mol. The molecular formula is C18H20Cl2N2O3S. The Bertz CT molecular complexity index is 821. The first-order valence-electron chi connectivity index (χ1n) is 8.13. The first kappa shape index (κ1) is 20.6. The fourth-order valence-electron chi connectivity index (χ4n) is 2.55. The average molecular weight is 415 g/mol. The Morgan fingerprint density at radius 1 is 1.31 bits per heavy atom. The summed E-state index contributed by atoms with van der Waals surface area (Å²) in [5.41, 5.74) is 6.76. The summed E-state index contributed by atoms with van der Waals surface area (Å²) >= 11 is 13.2. The number of nitrogens with two attached hydrogens (primary N) is 1. The first-order valence-corrected chi connectivity index (χ1v) is 9.70. The van der Waals surface area contributed by atoms with E-state index >= 15 is 0 Å². The van der Waals surface area contributed by atoms with Gasteiger partial charge in [0.1, 0.15) is 10.8 Å². The summed E-state index contributed by atoms with van der Waals surface area (Å²) in [4.78, 5) is 24.9. The Kier molecular flexibility index (Phi) is 7.32. The number of primary amides is 1. The molecule has 1 heterocycles. The molecule has 0 aliphatic carbocycles. The van der Waals surface area contributed by atoms with Gasteiger partial charge in [0.05, 0.1) is 17.2 Å². The van der Waals surface area contributed by atoms with Gasteiger partial charge in [0.15, 0.2) is 0 Å². The van der Waals surface area contributed by atoms with Crippen molar-refractivity contribution in [3.05, 3.63) is 44.2 Å². The molecule has 2 rings (SSSR count). The van der Waals surface area contributed by atoms with E-state index in [1.54, 1.807) is 18.2 Å². The maximum Gasteiger partial charge on any atom is 0.251 e. The van der Waals surface area contributed by atoms with E-state index in [1.165, 1.54) is 11.3 Å². The number of thiophene rings is 1. The van der Waals surface area contributed by atoms with E-state index in [0.29, 0.717) is 45.8 Å². The van der Waals surface area contributed by atoms with Gasteiger partial charge in [-0.2, -0.15) is 0 Å². The van der Waals surface area contributed by atoms with Gasteiger partial charge in [-0.15, -0.1) is 11.3 Å². The largest absolute Gasteiger partial charge is 0.492 e. The van der Waals surface area contributed by atoms with Gasteiger partial charge in [0.25, 0.3) is 5.91 Å². The third-order valence-corrected chi connectivity index (χ3v) is 5.35. The van der Waals surface area contributed by atoms with Crippen molar-refractivity contribution in [2.45, 2.75) is 33.1 Å². The van der Waals surface area contributed by atoms with E-state index in [2.05, 4.69) is 5.32 Å². The number of benzene rings is 1. The number of carbonyl (C=O) groups excluding carboxylic acids is 2. The number of ether oxygens (including phenoxy) is 1. The van der Waals surface area contributed by atoms with Crippen molar-refractivity contribution in [2.75, 3.05) is 11.9 Å². The van der Waals surface area contributed by atoms with Crippen LogP contribution in [-0.4, -0.2) is 18.4 Å². The molecule has 5 nitrogen and oxygen atoms in total. The van der Waals surface area contributed by atoms with Crippen LogP contribution in [0.25, 0.3) is 0 Å². The van der Waals surface area contributed by atoms with E-state index in [-0.39, 0.29) is 12.3 Å². The molecule has 3 N–H and O–H groups in total. The minimum atomic E-state index is -0.526. The Labute approximate surface area is 166 Å². The van der Waals surface area contributed by atoms with Crippen LogP contribution in [-0.2, 0) is 11.2 Å². The lowest BCUT2D eigenvalue weighted by atomic mass is 10.1. The molecule has 0 radical (unpaired) electrons. The predicted octanol–water partition coefficient (Wildman–Crippen LogP) is 4.82. The normalized spacial score (nSPS) is 10.6. The summed E-state index contributed by atoms with van der Waals surface area (Å²) in [5, 5.41) is 4.25. The SMILES string of the molecule is CCc1c(C)sc(NC(=O)CCCOc2ccc(Cl)cc2Cl)c1C(N)=O. The number of aryl methyl sites for hydroxylation is 1. The summed E-state index contributed by atoms with van der Waals surface area (Å²) in [6.07, 6.45) is 1.44. The van der Waals surface area contributed by atoms with Crippen molar-refractivity contribution < 1.29 is 14.3 Å².